The van der Waals surface area contributed by atoms with Gasteiger partial charge in [0.05, 0.1) is 11.4 Å². The summed E-state index contributed by atoms with van der Waals surface area (Å²) >= 11 is 2.61. The number of rotatable bonds is 7. The summed E-state index contributed by atoms with van der Waals surface area (Å²) < 4.78 is 22.6. The molecule has 0 bridgehead atoms. The third-order valence-electron chi connectivity index (χ3n) is 3.32. The maximum absolute atomic E-state index is 12.3. The van der Waals surface area contributed by atoms with Crippen LogP contribution < -0.4 is 10.5 Å². The Labute approximate surface area is 144 Å². The minimum absolute atomic E-state index is 0.108. The van der Waals surface area contributed by atoms with Gasteiger partial charge in [-0.3, -0.25) is 4.79 Å². The van der Waals surface area contributed by atoms with Crippen molar-refractivity contribution in [1.82, 2.24) is 5.32 Å². The molecule has 8 heteroatoms. The SMILES string of the molecule is CCCc1sc(C(=O)NCc2ccc(S(N)(=O)=O)s2)cc1CC. The van der Waals surface area contributed by atoms with Crippen molar-refractivity contribution in [2.45, 2.75) is 43.9 Å². The summed E-state index contributed by atoms with van der Waals surface area (Å²) in [7, 11) is -3.68. The van der Waals surface area contributed by atoms with Crippen LogP contribution in [0, 0.1) is 0 Å². The van der Waals surface area contributed by atoms with Gasteiger partial charge in [-0.1, -0.05) is 20.3 Å². The highest BCUT2D eigenvalue weighted by Gasteiger charge is 2.15. The van der Waals surface area contributed by atoms with Gasteiger partial charge in [-0.15, -0.1) is 22.7 Å². The Bertz CT molecular complexity index is 791. The first kappa shape index (κ1) is 18.1. The first-order chi connectivity index (χ1) is 10.8. The first-order valence-electron chi connectivity index (χ1n) is 7.36. The van der Waals surface area contributed by atoms with E-state index in [4.69, 9.17) is 5.14 Å². The van der Waals surface area contributed by atoms with Gasteiger partial charge >= 0.3 is 0 Å². The molecule has 0 saturated carbocycles. The lowest BCUT2D eigenvalue weighted by molar-refractivity contribution is 0.0955. The monoisotopic (exact) mass is 372 g/mol. The van der Waals surface area contributed by atoms with Crippen LogP contribution in [0.1, 0.15) is 45.3 Å². The van der Waals surface area contributed by atoms with Gasteiger partial charge in [-0.05, 0) is 36.6 Å². The summed E-state index contributed by atoms with van der Waals surface area (Å²) in [4.78, 5) is 15.0. The topological polar surface area (TPSA) is 89.3 Å². The molecule has 0 unspecified atom stereocenters. The number of nitrogens with two attached hydrogens (primary N) is 1. The number of carbonyl (C=O) groups is 1. The van der Waals surface area contributed by atoms with Crippen LogP contribution in [0.25, 0.3) is 0 Å². The molecule has 0 fully saturated rings. The molecule has 0 saturated heterocycles. The molecule has 23 heavy (non-hydrogen) atoms. The van der Waals surface area contributed by atoms with Gasteiger partial charge in [0.2, 0.25) is 10.0 Å². The van der Waals surface area contributed by atoms with E-state index in [0.717, 1.165) is 35.5 Å². The smallest absolute Gasteiger partial charge is 0.261 e. The van der Waals surface area contributed by atoms with Crippen molar-refractivity contribution in [2.24, 2.45) is 5.14 Å². The minimum Gasteiger partial charge on any atom is -0.346 e. The number of thiophene rings is 2. The summed E-state index contributed by atoms with van der Waals surface area (Å²) in [5, 5.41) is 7.91. The fraction of sp³-hybridized carbons (Fsp3) is 0.400. The normalized spacial score (nSPS) is 11.6. The summed E-state index contributed by atoms with van der Waals surface area (Å²) in [6.45, 7) is 4.50. The van der Waals surface area contributed by atoms with Gasteiger partial charge in [0.15, 0.2) is 0 Å². The Kier molecular flexibility index (Phi) is 5.96. The standard InChI is InChI=1S/C15H20N2O3S3/c1-3-5-12-10(4-2)8-13(22-12)15(18)17-9-11-6-7-14(21-11)23(16,19)20/h6-8H,3-5,9H2,1-2H3,(H,17,18)(H2,16,19,20). The van der Waals surface area contributed by atoms with Gasteiger partial charge in [-0.25, -0.2) is 13.6 Å². The van der Waals surface area contributed by atoms with Crippen molar-refractivity contribution in [1.29, 1.82) is 0 Å². The Hall–Kier alpha value is -1.22. The van der Waals surface area contributed by atoms with Crippen molar-refractivity contribution >= 4 is 38.6 Å². The van der Waals surface area contributed by atoms with Gasteiger partial charge in [0.25, 0.3) is 5.91 Å². The molecule has 0 spiro atoms. The number of hydrogen-bond donors (Lipinski definition) is 2. The molecule has 1 amide bonds. The largest absolute Gasteiger partial charge is 0.346 e. The quantitative estimate of drug-likeness (QED) is 0.783. The van der Waals surface area contributed by atoms with E-state index in [0.29, 0.717) is 11.4 Å². The van der Waals surface area contributed by atoms with Crippen LogP contribution in [0.3, 0.4) is 0 Å². The molecule has 0 atom stereocenters. The van der Waals surface area contributed by atoms with E-state index in [1.165, 1.54) is 27.8 Å². The fourth-order valence-electron chi connectivity index (χ4n) is 2.18. The lowest BCUT2D eigenvalue weighted by Crippen LogP contribution is -2.21. The second kappa shape index (κ2) is 7.57. The van der Waals surface area contributed by atoms with Crippen molar-refractivity contribution in [2.75, 3.05) is 0 Å². The number of sulfonamides is 1. The van der Waals surface area contributed by atoms with E-state index in [2.05, 4.69) is 19.2 Å². The van der Waals surface area contributed by atoms with Crippen LogP contribution in [-0.4, -0.2) is 14.3 Å². The highest BCUT2D eigenvalue weighted by Crippen LogP contribution is 2.25. The maximum Gasteiger partial charge on any atom is 0.261 e. The molecule has 0 aromatic carbocycles. The summed E-state index contributed by atoms with van der Waals surface area (Å²) in [6, 6.07) is 5.08. The molecular weight excluding hydrogens is 352 g/mol. The van der Waals surface area contributed by atoms with Crippen molar-refractivity contribution < 1.29 is 13.2 Å². The molecule has 0 aliphatic rings. The number of primary sulfonamides is 1. The van der Waals surface area contributed by atoms with Crippen LogP contribution in [-0.2, 0) is 29.4 Å². The van der Waals surface area contributed by atoms with E-state index in [1.54, 1.807) is 6.07 Å². The van der Waals surface area contributed by atoms with Crippen LogP contribution in [0.4, 0.5) is 0 Å². The lowest BCUT2D eigenvalue weighted by atomic mass is 10.1. The Morgan fingerprint density at radius 3 is 2.57 bits per heavy atom. The third-order valence-corrected chi connectivity index (χ3v) is 7.08. The second-order valence-corrected chi connectivity index (χ2v) is 9.20. The predicted octanol–water partition coefficient (Wildman–Crippen LogP) is 2.90. The molecule has 0 aliphatic carbocycles. The highest BCUT2D eigenvalue weighted by molar-refractivity contribution is 7.91. The zero-order valence-corrected chi connectivity index (χ0v) is 15.5. The molecule has 0 aliphatic heterocycles. The fourth-order valence-corrected chi connectivity index (χ4v) is 5.17. The number of carbonyl (C=O) groups excluding carboxylic acids is 1. The summed E-state index contributed by atoms with van der Waals surface area (Å²) in [5.74, 6) is -0.127. The number of amides is 1. The van der Waals surface area contributed by atoms with Crippen LogP contribution >= 0.6 is 22.7 Å². The van der Waals surface area contributed by atoms with Gasteiger partial charge in [0.1, 0.15) is 4.21 Å². The van der Waals surface area contributed by atoms with Crippen molar-refractivity contribution in [3.8, 4) is 0 Å². The summed E-state index contributed by atoms with van der Waals surface area (Å²) in [5.41, 5.74) is 1.23. The van der Waals surface area contributed by atoms with Crippen molar-refractivity contribution in [3.05, 3.63) is 38.4 Å². The van der Waals surface area contributed by atoms with Crippen molar-refractivity contribution in [3.63, 3.8) is 0 Å². The third kappa shape index (κ3) is 4.63. The molecule has 3 N–H and O–H groups in total. The molecule has 2 aromatic rings. The summed E-state index contributed by atoms with van der Waals surface area (Å²) in [6.07, 6.45) is 2.96. The lowest BCUT2D eigenvalue weighted by Gasteiger charge is -2.01. The van der Waals surface area contributed by atoms with E-state index in [1.807, 2.05) is 6.07 Å². The minimum atomic E-state index is -3.68. The molecule has 0 radical (unpaired) electrons. The number of hydrogen-bond acceptors (Lipinski definition) is 5. The first-order valence-corrected chi connectivity index (χ1v) is 10.5. The van der Waals surface area contributed by atoms with E-state index >= 15 is 0 Å². The number of nitrogens with one attached hydrogen (secondary N) is 1. The maximum atomic E-state index is 12.3. The second-order valence-electron chi connectivity index (χ2n) is 5.11. The molecule has 5 nitrogen and oxygen atoms in total. The Morgan fingerprint density at radius 2 is 2.00 bits per heavy atom. The molecule has 126 valence electrons. The molecule has 2 heterocycles. The van der Waals surface area contributed by atoms with Gasteiger partial charge in [-0.2, -0.15) is 0 Å². The average molecular weight is 373 g/mol. The Morgan fingerprint density at radius 1 is 1.26 bits per heavy atom. The highest BCUT2D eigenvalue weighted by atomic mass is 32.2. The predicted molar refractivity (Wildman–Crippen MR) is 94.6 cm³/mol. The van der Waals surface area contributed by atoms with Gasteiger partial charge in [0, 0.05) is 9.75 Å². The molecular formula is C15H20N2O3S3. The average Bonchev–Trinajstić information content (AvgIpc) is 3.11. The van der Waals surface area contributed by atoms with Crippen LogP contribution in [0.5, 0.6) is 0 Å². The molecule has 2 aromatic heterocycles. The van der Waals surface area contributed by atoms with Crippen LogP contribution in [0.15, 0.2) is 22.4 Å². The van der Waals surface area contributed by atoms with Gasteiger partial charge < -0.3 is 5.32 Å². The van der Waals surface area contributed by atoms with E-state index < -0.39 is 10.0 Å². The molecule has 2 rings (SSSR count). The van der Waals surface area contributed by atoms with Crippen LogP contribution in [0.2, 0.25) is 0 Å². The Balaban J connectivity index is 2.03. The zero-order valence-electron chi connectivity index (χ0n) is 13.1. The number of aryl methyl sites for hydroxylation is 2. The van der Waals surface area contributed by atoms with E-state index in [-0.39, 0.29) is 10.1 Å². The zero-order chi connectivity index (χ0) is 17.0. The van der Waals surface area contributed by atoms with E-state index in [9.17, 15) is 13.2 Å².